The molecule has 1 saturated heterocycles. The average Bonchev–Trinajstić information content (AvgIpc) is 2.59. The third-order valence-corrected chi connectivity index (χ3v) is 4.58. The highest BCUT2D eigenvalue weighted by molar-refractivity contribution is 5.85. The molecule has 7 nitrogen and oxygen atoms in total. The number of aliphatic hydroxyl groups is 1. The molecule has 1 aromatic carbocycles. The lowest BCUT2D eigenvalue weighted by molar-refractivity contribution is -0.145. The number of amides is 2. The van der Waals surface area contributed by atoms with E-state index in [-0.39, 0.29) is 37.8 Å². The van der Waals surface area contributed by atoms with Gasteiger partial charge in [-0.3, -0.25) is 4.79 Å². The molecule has 0 spiro atoms. The molecule has 3 N–H and O–H groups in total. The van der Waals surface area contributed by atoms with Gasteiger partial charge in [0.25, 0.3) is 5.91 Å². The summed E-state index contributed by atoms with van der Waals surface area (Å²) in [6.45, 7) is 1.73. The Morgan fingerprint density at radius 3 is 2.32 bits per heavy atom. The van der Waals surface area contributed by atoms with Crippen molar-refractivity contribution in [3.63, 3.8) is 0 Å². The van der Waals surface area contributed by atoms with E-state index in [4.69, 9.17) is 5.11 Å². The summed E-state index contributed by atoms with van der Waals surface area (Å²) in [7, 11) is 0. The number of hydrogen-bond donors (Lipinski definition) is 3. The van der Waals surface area contributed by atoms with Crippen LogP contribution < -0.4 is 5.32 Å². The Labute approximate surface area is 146 Å². The van der Waals surface area contributed by atoms with E-state index < -0.39 is 17.6 Å². The van der Waals surface area contributed by atoms with Crippen LogP contribution in [0.15, 0.2) is 30.3 Å². The van der Waals surface area contributed by atoms with E-state index in [2.05, 4.69) is 5.32 Å². The van der Waals surface area contributed by atoms with Gasteiger partial charge >= 0.3 is 6.09 Å². The van der Waals surface area contributed by atoms with Crippen molar-refractivity contribution in [3.05, 3.63) is 35.9 Å². The monoisotopic (exact) mass is 348 g/mol. The van der Waals surface area contributed by atoms with E-state index in [9.17, 15) is 19.5 Å². The van der Waals surface area contributed by atoms with Gasteiger partial charge < -0.3 is 25.2 Å². The minimum Gasteiger partial charge on any atom is -0.465 e. The number of carboxylic acid groups (broad SMARTS) is 1. The first-order valence-electron chi connectivity index (χ1n) is 8.37. The number of carbonyl (C=O) groups excluding carboxylic acids is 2. The molecule has 0 aromatic heterocycles. The summed E-state index contributed by atoms with van der Waals surface area (Å²) < 4.78 is 0. The van der Waals surface area contributed by atoms with Crippen molar-refractivity contribution in [3.8, 4) is 0 Å². The van der Waals surface area contributed by atoms with Crippen LogP contribution in [0.5, 0.6) is 0 Å². The number of hydrogen-bond acceptors (Lipinski definition) is 4. The van der Waals surface area contributed by atoms with Crippen LogP contribution in [-0.4, -0.2) is 51.6 Å². The van der Waals surface area contributed by atoms with Crippen LogP contribution >= 0.6 is 0 Å². The van der Waals surface area contributed by atoms with Crippen LogP contribution in [-0.2, 0) is 9.59 Å². The SMILES string of the molecule is CC(=O)CCC(NC(=O)C1(O)CCN(C(=O)O)CC1)c1ccccc1. The molecule has 1 atom stereocenters. The van der Waals surface area contributed by atoms with Gasteiger partial charge in [-0.25, -0.2) is 4.79 Å². The number of ketones is 1. The molecule has 0 saturated carbocycles. The predicted molar refractivity (Wildman–Crippen MR) is 91.0 cm³/mol. The summed E-state index contributed by atoms with van der Waals surface area (Å²) in [5, 5.41) is 22.4. The fourth-order valence-electron chi connectivity index (χ4n) is 2.94. The number of nitrogens with one attached hydrogen (secondary N) is 1. The summed E-state index contributed by atoms with van der Waals surface area (Å²) in [6.07, 6.45) is -0.169. The highest BCUT2D eigenvalue weighted by atomic mass is 16.4. The molecule has 2 amide bonds. The number of benzene rings is 1. The molecule has 1 aliphatic rings. The number of likely N-dealkylation sites (tertiary alicyclic amines) is 1. The Morgan fingerprint density at radius 1 is 1.20 bits per heavy atom. The van der Waals surface area contributed by atoms with E-state index in [1.165, 1.54) is 11.8 Å². The van der Waals surface area contributed by atoms with E-state index >= 15 is 0 Å². The van der Waals surface area contributed by atoms with Crippen molar-refractivity contribution in [1.29, 1.82) is 0 Å². The first kappa shape index (κ1) is 18.9. The molecule has 7 heteroatoms. The van der Waals surface area contributed by atoms with Crippen molar-refractivity contribution in [2.45, 2.75) is 44.2 Å². The second-order valence-electron chi connectivity index (χ2n) is 6.48. The lowest BCUT2D eigenvalue weighted by Crippen LogP contribution is -2.55. The maximum atomic E-state index is 12.6. The zero-order chi connectivity index (χ0) is 18.4. The second kappa shape index (κ2) is 8.11. The normalized spacial score (nSPS) is 17.6. The van der Waals surface area contributed by atoms with Crippen molar-refractivity contribution in [1.82, 2.24) is 10.2 Å². The minimum absolute atomic E-state index is 0.0312. The van der Waals surface area contributed by atoms with Gasteiger partial charge in [-0.1, -0.05) is 30.3 Å². The van der Waals surface area contributed by atoms with Gasteiger partial charge in [0, 0.05) is 32.4 Å². The van der Waals surface area contributed by atoms with E-state index in [1.54, 1.807) is 0 Å². The van der Waals surface area contributed by atoms with Crippen LogP contribution in [0.25, 0.3) is 0 Å². The number of piperidine rings is 1. The van der Waals surface area contributed by atoms with Gasteiger partial charge in [0.1, 0.15) is 11.4 Å². The fourth-order valence-corrected chi connectivity index (χ4v) is 2.94. The summed E-state index contributed by atoms with van der Waals surface area (Å²) in [6, 6.07) is 8.91. The van der Waals surface area contributed by atoms with E-state index in [0.717, 1.165) is 5.56 Å². The molecule has 1 fully saturated rings. The molecule has 1 aromatic rings. The zero-order valence-corrected chi connectivity index (χ0v) is 14.3. The Kier molecular flexibility index (Phi) is 6.14. The standard InChI is InChI=1S/C18H24N2O5/c1-13(21)7-8-15(14-5-3-2-4-6-14)19-16(22)18(25)9-11-20(12-10-18)17(23)24/h2-6,15,25H,7-12H2,1H3,(H,19,22)(H,23,24). The van der Waals surface area contributed by atoms with Crippen LogP contribution in [0.3, 0.4) is 0 Å². The maximum absolute atomic E-state index is 12.6. The van der Waals surface area contributed by atoms with Gasteiger partial charge in [0.05, 0.1) is 6.04 Å². The molecule has 136 valence electrons. The molecule has 0 aliphatic carbocycles. The van der Waals surface area contributed by atoms with Gasteiger partial charge in [-0.05, 0) is 18.9 Å². The fraction of sp³-hybridized carbons (Fsp3) is 0.500. The first-order valence-corrected chi connectivity index (χ1v) is 8.37. The Hall–Kier alpha value is -2.41. The average molecular weight is 348 g/mol. The van der Waals surface area contributed by atoms with E-state index in [1.807, 2.05) is 30.3 Å². The first-order chi connectivity index (χ1) is 11.8. The van der Waals surface area contributed by atoms with E-state index in [0.29, 0.717) is 12.8 Å². The Balaban J connectivity index is 2.06. The lowest BCUT2D eigenvalue weighted by Gasteiger charge is -2.36. The van der Waals surface area contributed by atoms with Gasteiger partial charge in [0.2, 0.25) is 0 Å². The number of Topliss-reactive ketones (excluding diaryl/α,β-unsaturated/α-hetero) is 1. The van der Waals surface area contributed by atoms with Crippen LogP contribution in [0.4, 0.5) is 4.79 Å². The largest absolute Gasteiger partial charge is 0.465 e. The molecule has 1 heterocycles. The molecule has 0 bridgehead atoms. The third-order valence-electron chi connectivity index (χ3n) is 4.58. The molecular weight excluding hydrogens is 324 g/mol. The quantitative estimate of drug-likeness (QED) is 0.726. The van der Waals surface area contributed by atoms with Crippen molar-refractivity contribution in [2.75, 3.05) is 13.1 Å². The maximum Gasteiger partial charge on any atom is 0.407 e. The summed E-state index contributed by atoms with van der Waals surface area (Å²) in [5.41, 5.74) is -0.724. The topological polar surface area (TPSA) is 107 Å². The predicted octanol–water partition coefficient (Wildman–Crippen LogP) is 1.72. The molecule has 2 rings (SSSR count). The summed E-state index contributed by atoms with van der Waals surface area (Å²) >= 11 is 0. The van der Waals surface area contributed by atoms with Gasteiger partial charge in [-0.15, -0.1) is 0 Å². The number of carbonyl (C=O) groups is 3. The molecule has 1 aliphatic heterocycles. The Bertz CT molecular complexity index is 624. The lowest BCUT2D eigenvalue weighted by atomic mass is 9.89. The molecular formula is C18H24N2O5. The molecule has 0 radical (unpaired) electrons. The van der Waals surface area contributed by atoms with Gasteiger partial charge in [0.15, 0.2) is 0 Å². The number of rotatable bonds is 6. The van der Waals surface area contributed by atoms with Gasteiger partial charge in [-0.2, -0.15) is 0 Å². The highest BCUT2D eigenvalue weighted by Crippen LogP contribution is 2.25. The zero-order valence-electron chi connectivity index (χ0n) is 14.3. The molecule has 1 unspecified atom stereocenters. The van der Waals surface area contributed by atoms with Crippen molar-refractivity contribution >= 4 is 17.8 Å². The Morgan fingerprint density at radius 2 is 1.80 bits per heavy atom. The van der Waals surface area contributed by atoms with Crippen molar-refractivity contribution in [2.24, 2.45) is 0 Å². The summed E-state index contributed by atoms with van der Waals surface area (Å²) in [5.74, 6) is -0.487. The molecule has 25 heavy (non-hydrogen) atoms. The summed E-state index contributed by atoms with van der Waals surface area (Å²) in [4.78, 5) is 36.1. The van der Waals surface area contributed by atoms with Crippen molar-refractivity contribution < 1.29 is 24.6 Å². The number of nitrogens with zero attached hydrogens (tertiary/aromatic N) is 1. The van der Waals surface area contributed by atoms with Crippen LogP contribution in [0, 0.1) is 0 Å². The second-order valence-corrected chi connectivity index (χ2v) is 6.48. The minimum atomic E-state index is -1.59. The van der Waals surface area contributed by atoms with Crippen LogP contribution in [0.1, 0.15) is 44.2 Å². The third kappa shape index (κ3) is 5.03. The smallest absolute Gasteiger partial charge is 0.407 e. The van der Waals surface area contributed by atoms with Crippen LogP contribution in [0.2, 0.25) is 0 Å². The highest BCUT2D eigenvalue weighted by Gasteiger charge is 2.41.